The molecule has 20 heavy (non-hydrogen) atoms. The van der Waals surface area contributed by atoms with Gasteiger partial charge in [0.05, 0.1) is 0 Å². The molecule has 0 aromatic carbocycles. The van der Waals surface area contributed by atoms with E-state index in [0.29, 0.717) is 4.57 Å². The highest BCUT2D eigenvalue weighted by Crippen LogP contribution is 2.43. The fourth-order valence-electron chi connectivity index (χ4n) is 1.88. The number of halogens is 2. The van der Waals surface area contributed by atoms with Crippen molar-refractivity contribution in [3.05, 3.63) is 22.7 Å². The van der Waals surface area contributed by atoms with Crippen molar-refractivity contribution in [3.63, 3.8) is 0 Å². The highest BCUT2D eigenvalue weighted by Gasteiger charge is 2.61. The van der Waals surface area contributed by atoms with Gasteiger partial charge in [-0.05, 0) is 6.07 Å². The van der Waals surface area contributed by atoms with Crippen LogP contribution >= 0.6 is 0 Å². The van der Waals surface area contributed by atoms with Crippen LogP contribution in [0.1, 0.15) is 6.23 Å². The molecule has 4 atom stereocenters. The molecule has 0 bridgehead atoms. The molecular formula is C11H11F2N3O4. The zero-order chi connectivity index (χ0) is 15.1. The summed E-state index contributed by atoms with van der Waals surface area (Å²) in [5, 5.41) is 18.9. The minimum Gasteiger partial charge on any atom is -0.384 e. The highest BCUT2D eigenvalue weighted by atomic mass is 19.3. The molecule has 1 fully saturated rings. The molecule has 1 aromatic heterocycles. The van der Waals surface area contributed by atoms with Crippen LogP contribution in [-0.4, -0.2) is 44.0 Å². The maximum atomic E-state index is 13.9. The van der Waals surface area contributed by atoms with E-state index in [1.165, 1.54) is 0 Å². The Morgan fingerprint density at radius 2 is 2.30 bits per heavy atom. The van der Waals surface area contributed by atoms with Crippen molar-refractivity contribution in [3.8, 4) is 12.3 Å². The van der Waals surface area contributed by atoms with Crippen molar-refractivity contribution in [2.45, 2.75) is 30.5 Å². The van der Waals surface area contributed by atoms with Gasteiger partial charge in [0, 0.05) is 6.20 Å². The molecule has 0 amide bonds. The smallest absolute Gasteiger partial charge is 0.351 e. The van der Waals surface area contributed by atoms with E-state index in [1.807, 2.05) is 0 Å². The number of anilines is 1. The standard InChI is InChI=1S/C11H11F2N3O4/c1-2-5(17)7-8(18)11(12,13)9(20-7)16-4-3-6(14)15-10(16)19/h1,3-5,7-9,17-18H,(H2,14,15,19). The number of hydrogen-bond donors (Lipinski definition) is 3. The van der Waals surface area contributed by atoms with Gasteiger partial charge in [0.2, 0.25) is 6.23 Å². The summed E-state index contributed by atoms with van der Waals surface area (Å²) in [4.78, 5) is 14.8. The summed E-state index contributed by atoms with van der Waals surface area (Å²) >= 11 is 0. The van der Waals surface area contributed by atoms with E-state index in [-0.39, 0.29) is 5.82 Å². The van der Waals surface area contributed by atoms with Crippen LogP contribution < -0.4 is 11.4 Å². The Labute approximate surface area is 111 Å². The Kier molecular flexibility index (Phi) is 3.47. The third kappa shape index (κ3) is 2.14. The molecule has 9 heteroatoms. The first kappa shape index (κ1) is 14.4. The number of nitrogen functional groups attached to an aromatic ring is 1. The van der Waals surface area contributed by atoms with Gasteiger partial charge < -0.3 is 20.7 Å². The summed E-state index contributed by atoms with van der Waals surface area (Å²) in [6, 6.07) is 1.12. The molecule has 1 saturated heterocycles. The van der Waals surface area contributed by atoms with Crippen molar-refractivity contribution in [1.29, 1.82) is 0 Å². The quantitative estimate of drug-likeness (QED) is 0.584. The molecule has 1 aliphatic rings. The van der Waals surface area contributed by atoms with Crippen LogP contribution in [0.3, 0.4) is 0 Å². The molecule has 1 aromatic rings. The number of rotatable bonds is 2. The van der Waals surface area contributed by atoms with Crippen molar-refractivity contribution >= 4 is 5.82 Å². The first-order valence-electron chi connectivity index (χ1n) is 5.49. The molecule has 0 saturated carbocycles. The third-order valence-corrected chi connectivity index (χ3v) is 2.91. The lowest BCUT2D eigenvalue weighted by atomic mass is 10.1. The SMILES string of the molecule is C#CC(O)C1OC(n2ccc(N)nc2=O)C(F)(F)C1O. The van der Waals surface area contributed by atoms with Gasteiger partial charge in [0.15, 0.2) is 6.10 Å². The van der Waals surface area contributed by atoms with Crippen LogP contribution in [0.15, 0.2) is 17.1 Å². The zero-order valence-electron chi connectivity index (χ0n) is 9.98. The second kappa shape index (κ2) is 4.82. The fourth-order valence-corrected chi connectivity index (χ4v) is 1.88. The number of aliphatic hydroxyl groups excluding tert-OH is 2. The average molecular weight is 287 g/mol. The van der Waals surface area contributed by atoms with E-state index in [2.05, 4.69) is 4.98 Å². The van der Waals surface area contributed by atoms with Gasteiger partial charge in [-0.3, -0.25) is 4.57 Å². The van der Waals surface area contributed by atoms with Gasteiger partial charge in [0.1, 0.15) is 18.0 Å². The Bertz CT molecular complexity index is 612. The Morgan fingerprint density at radius 1 is 1.65 bits per heavy atom. The molecule has 0 radical (unpaired) electrons. The number of ether oxygens (including phenoxy) is 1. The van der Waals surface area contributed by atoms with Gasteiger partial charge in [0.25, 0.3) is 0 Å². The first-order valence-corrected chi connectivity index (χ1v) is 5.49. The van der Waals surface area contributed by atoms with Crippen molar-refractivity contribution < 1.29 is 23.7 Å². The van der Waals surface area contributed by atoms with Crippen molar-refractivity contribution in [2.75, 3.05) is 5.73 Å². The second-order valence-electron chi connectivity index (χ2n) is 4.23. The Balaban J connectivity index is 2.42. The highest BCUT2D eigenvalue weighted by molar-refractivity contribution is 5.23. The number of hydrogen-bond acceptors (Lipinski definition) is 6. The van der Waals surface area contributed by atoms with E-state index in [9.17, 15) is 23.8 Å². The van der Waals surface area contributed by atoms with E-state index < -0.39 is 36.2 Å². The lowest BCUT2D eigenvalue weighted by Gasteiger charge is -2.20. The van der Waals surface area contributed by atoms with Gasteiger partial charge in [-0.15, -0.1) is 6.42 Å². The van der Waals surface area contributed by atoms with Crippen molar-refractivity contribution in [2.24, 2.45) is 0 Å². The first-order chi connectivity index (χ1) is 9.28. The van der Waals surface area contributed by atoms with Crippen LogP contribution in [0.2, 0.25) is 0 Å². The Hall–Kier alpha value is -2.02. The monoisotopic (exact) mass is 287 g/mol. The normalized spacial score (nSPS) is 29.9. The van der Waals surface area contributed by atoms with Crippen LogP contribution in [0.5, 0.6) is 0 Å². The van der Waals surface area contributed by atoms with Gasteiger partial charge in [-0.2, -0.15) is 13.8 Å². The van der Waals surface area contributed by atoms with E-state index in [4.69, 9.17) is 16.9 Å². The summed E-state index contributed by atoms with van der Waals surface area (Å²) in [5.41, 5.74) is 4.18. The molecule has 108 valence electrons. The zero-order valence-corrected chi connectivity index (χ0v) is 9.98. The third-order valence-electron chi connectivity index (χ3n) is 2.91. The van der Waals surface area contributed by atoms with Gasteiger partial charge >= 0.3 is 11.6 Å². The molecule has 2 heterocycles. The summed E-state index contributed by atoms with van der Waals surface area (Å²) in [5.74, 6) is -2.19. The topological polar surface area (TPSA) is 111 Å². The summed E-state index contributed by atoms with van der Waals surface area (Å²) in [6.07, 6.45) is -2.09. The maximum absolute atomic E-state index is 13.9. The van der Waals surface area contributed by atoms with Crippen LogP contribution in [0.4, 0.5) is 14.6 Å². The van der Waals surface area contributed by atoms with E-state index in [1.54, 1.807) is 5.92 Å². The average Bonchev–Trinajstić information content (AvgIpc) is 2.61. The van der Waals surface area contributed by atoms with Crippen LogP contribution in [0.25, 0.3) is 0 Å². The molecule has 0 aliphatic carbocycles. The molecule has 4 N–H and O–H groups in total. The fraction of sp³-hybridized carbons (Fsp3) is 0.455. The van der Waals surface area contributed by atoms with E-state index in [0.717, 1.165) is 12.3 Å². The predicted molar refractivity (Wildman–Crippen MR) is 62.6 cm³/mol. The molecule has 7 nitrogen and oxygen atoms in total. The maximum Gasteiger partial charge on any atom is 0.351 e. The summed E-state index contributed by atoms with van der Waals surface area (Å²) < 4.78 is 33.2. The minimum atomic E-state index is -3.83. The number of nitrogens with two attached hydrogens (primary N) is 1. The number of aliphatic hydroxyl groups is 2. The lowest BCUT2D eigenvalue weighted by Crippen LogP contribution is -2.43. The summed E-state index contributed by atoms with van der Waals surface area (Å²) in [7, 11) is 0. The molecule has 1 aliphatic heterocycles. The number of nitrogens with zero attached hydrogens (tertiary/aromatic N) is 2. The largest absolute Gasteiger partial charge is 0.384 e. The van der Waals surface area contributed by atoms with Gasteiger partial charge in [-0.1, -0.05) is 5.92 Å². The second-order valence-corrected chi connectivity index (χ2v) is 4.23. The lowest BCUT2D eigenvalue weighted by molar-refractivity contribution is -0.141. The minimum absolute atomic E-state index is 0.145. The van der Waals surface area contributed by atoms with Crippen LogP contribution in [0, 0.1) is 12.3 Å². The number of terminal acetylenes is 1. The number of alkyl halides is 2. The van der Waals surface area contributed by atoms with Crippen molar-refractivity contribution in [1.82, 2.24) is 9.55 Å². The number of aromatic nitrogens is 2. The van der Waals surface area contributed by atoms with Gasteiger partial charge in [-0.25, -0.2) is 4.79 Å². The molecular weight excluding hydrogens is 276 g/mol. The Morgan fingerprint density at radius 3 is 2.85 bits per heavy atom. The predicted octanol–water partition coefficient (Wildman–Crippen LogP) is -1.29. The summed E-state index contributed by atoms with van der Waals surface area (Å²) in [6.45, 7) is 0. The molecule has 4 unspecified atom stereocenters. The van der Waals surface area contributed by atoms with Crippen LogP contribution in [-0.2, 0) is 4.74 Å². The molecule has 0 spiro atoms. The van der Waals surface area contributed by atoms with E-state index >= 15 is 0 Å². The molecule has 2 rings (SSSR count).